The fourth-order valence-electron chi connectivity index (χ4n) is 2.89. The average molecular weight is 334 g/mol. The smallest absolute Gasteiger partial charge is 0.283 e. The van der Waals surface area contributed by atoms with Crippen LogP contribution in [0.2, 0.25) is 0 Å². The van der Waals surface area contributed by atoms with Gasteiger partial charge in [0.1, 0.15) is 10.7 Å². The maximum absolute atomic E-state index is 12.8. The van der Waals surface area contributed by atoms with Crippen LogP contribution in [0.1, 0.15) is 11.1 Å². The molecule has 0 unspecified atom stereocenters. The van der Waals surface area contributed by atoms with Crippen LogP contribution >= 0.6 is 11.6 Å². The van der Waals surface area contributed by atoms with Crippen LogP contribution < -0.4 is 4.90 Å². The Bertz CT molecular complexity index is 706. The summed E-state index contributed by atoms with van der Waals surface area (Å²) < 4.78 is 0. The molecule has 0 bridgehead atoms. The number of halogens is 1. The Kier molecular flexibility index (Phi) is 4.17. The van der Waals surface area contributed by atoms with E-state index in [1.54, 1.807) is 6.07 Å². The zero-order valence-corrected chi connectivity index (χ0v) is 14.4. The van der Waals surface area contributed by atoms with E-state index in [-0.39, 0.29) is 10.9 Å². The van der Waals surface area contributed by atoms with E-state index in [2.05, 4.69) is 4.90 Å². The summed E-state index contributed by atoms with van der Waals surface area (Å²) in [5.74, 6) is -0.762. The number of imide groups is 1. The number of rotatable bonds is 2. The third-order valence-corrected chi connectivity index (χ3v) is 4.91. The molecule has 0 atom stereocenters. The van der Waals surface area contributed by atoms with Gasteiger partial charge in [-0.2, -0.15) is 0 Å². The second-order valence-electron chi connectivity index (χ2n) is 6.17. The van der Waals surface area contributed by atoms with Crippen molar-refractivity contribution in [3.05, 3.63) is 40.1 Å². The number of carbonyl (C=O) groups excluding carboxylic acids is 2. The van der Waals surface area contributed by atoms with Crippen molar-refractivity contribution in [2.24, 2.45) is 0 Å². The predicted molar refractivity (Wildman–Crippen MR) is 90.4 cm³/mol. The summed E-state index contributed by atoms with van der Waals surface area (Å²) in [6.45, 7) is 7.04. The van der Waals surface area contributed by atoms with E-state index in [9.17, 15) is 9.59 Å². The van der Waals surface area contributed by atoms with Gasteiger partial charge in [0.15, 0.2) is 0 Å². The number of hydrogen-bond donors (Lipinski definition) is 0. The molecular formula is C17H20ClN3O2. The number of anilines is 1. The normalized spacial score (nSPS) is 20.0. The van der Waals surface area contributed by atoms with Crippen molar-refractivity contribution in [2.75, 3.05) is 38.1 Å². The number of amides is 2. The van der Waals surface area contributed by atoms with Crippen LogP contribution in [-0.2, 0) is 9.59 Å². The first-order valence-electron chi connectivity index (χ1n) is 7.69. The van der Waals surface area contributed by atoms with E-state index in [1.165, 1.54) is 4.90 Å². The number of piperazine rings is 1. The quantitative estimate of drug-likeness (QED) is 0.775. The van der Waals surface area contributed by atoms with Crippen LogP contribution in [0.25, 0.3) is 0 Å². The SMILES string of the molecule is Cc1ccc(N2C(=O)C(Cl)=C(N3CCN(C)CC3)C2=O)cc1C. The molecule has 5 nitrogen and oxygen atoms in total. The Hall–Kier alpha value is -1.85. The zero-order chi connectivity index (χ0) is 16.7. The largest absolute Gasteiger partial charge is 0.363 e. The summed E-state index contributed by atoms with van der Waals surface area (Å²) in [5, 5.41) is 0.0257. The van der Waals surface area contributed by atoms with Crippen LogP contribution in [-0.4, -0.2) is 54.8 Å². The molecule has 2 amide bonds. The van der Waals surface area contributed by atoms with E-state index in [4.69, 9.17) is 11.6 Å². The summed E-state index contributed by atoms with van der Waals surface area (Å²) in [7, 11) is 2.04. The lowest BCUT2D eigenvalue weighted by atomic mass is 10.1. The summed E-state index contributed by atoms with van der Waals surface area (Å²) in [5.41, 5.74) is 3.06. The molecule has 1 aromatic rings. The van der Waals surface area contributed by atoms with Gasteiger partial charge in [0.2, 0.25) is 0 Å². The minimum Gasteiger partial charge on any atom is -0.363 e. The van der Waals surface area contributed by atoms with Crippen molar-refractivity contribution in [2.45, 2.75) is 13.8 Å². The van der Waals surface area contributed by atoms with Crippen molar-refractivity contribution in [1.82, 2.24) is 9.80 Å². The fraction of sp³-hybridized carbons (Fsp3) is 0.412. The van der Waals surface area contributed by atoms with Crippen molar-refractivity contribution in [1.29, 1.82) is 0 Å². The highest BCUT2D eigenvalue weighted by molar-refractivity contribution is 6.52. The second-order valence-corrected chi connectivity index (χ2v) is 6.55. The Labute approximate surface area is 141 Å². The lowest BCUT2D eigenvalue weighted by Gasteiger charge is -2.34. The van der Waals surface area contributed by atoms with Crippen molar-refractivity contribution in [3.8, 4) is 0 Å². The zero-order valence-electron chi connectivity index (χ0n) is 13.6. The Balaban J connectivity index is 1.91. The maximum Gasteiger partial charge on any atom is 0.283 e. The highest BCUT2D eigenvalue weighted by Crippen LogP contribution is 2.32. The van der Waals surface area contributed by atoms with Gasteiger partial charge in [-0.1, -0.05) is 17.7 Å². The molecule has 0 aromatic heterocycles. The number of likely N-dealkylation sites (N-methyl/N-ethyl adjacent to an activating group) is 1. The third-order valence-electron chi connectivity index (χ3n) is 4.57. The lowest BCUT2D eigenvalue weighted by molar-refractivity contribution is -0.121. The molecule has 2 heterocycles. The van der Waals surface area contributed by atoms with E-state index < -0.39 is 5.91 Å². The first-order valence-corrected chi connectivity index (χ1v) is 8.07. The van der Waals surface area contributed by atoms with E-state index in [0.717, 1.165) is 24.2 Å². The molecule has 0 aliphatic carbocycles. The van der Waals surface area contributed by atoms with E-state index in [1.807, 2.05) is 37.9 Å². The lowest BCUT2D eigenvalue weighted by Crippen LogP contribution is -2.46. The number of aryl methyl sites for hydroxylation is 2. The van der Waals surface area contributed by atoms with Gasteiger partial charge in [-0.05, 0) is 44.2 Å². The van der Waals surface area contributed by atoms with Gasteiger partial charge >= 0.3 is 0 Å². The molecule has 1 saturated heterocycles. The number of carbonyl (C=O) groups is 2. The Morgan fingerprint density at radius 2 is 1.61 bits per heavy atom. The molecule has 1 fully saturated rings. The molecule has 1 aromatic carbocycles. The van der Waals surface area contributed by atoms with Crippen LogP contribution in [0.15, 0.2) is 28.9 Å². The second kappa shape index (κ2) is 5.98. The molecule has 2 aliphatic heterocycles. The topological polar surface area (TPSA) is 43.9 Å². The van der Waals surface area contributed by atoms with Gasteiger partial charge in [-0.15, -0.1) is 0 Å². The molecule has 0 N–H and O–H groups in total. The fourth-order valence-corrected chi connectivity index (χ4v) is 3.18. The monoisotopic (exact) mass is 333 g/mol. The standard InChI is InChI=1S/C17H20ClN3O2/c1-11-4-5-13(10-12(11)2)21-16(22)14(18)15(17(21)23)20-8-6-19(3)7-9-20/h4-5,10H,6-9H2,1-3H3. The van der Waals surface area contributed by atoms with Crippen molar-refractivity contribution in [3.63, 3.8) is 0 Å². The van der Waals surface area contributed by atoms with Gasteiger partial charge in [0.05, 0.1) is 5.69 Å². The number of benzene rings is 1. The molecule has 6 heteroatoms. The van der Waals surface area contributed by atoms with Crippen LogP contribution in [0, 0.1) is 13.8 Å². The highest BCUT2D eigenvalue weighted by Gasteiger charge is 2.41. The molecule has 2 aliphatic rings. The minimum atomic E-state index is -0.436. The van der Waals surface area contributed by atoms with Gasteiger partial charge in [-0.25, -0.2) is 4.90 Å². The molecular weight excluding hydrogens is 314 g/mol. The molecule has 122 valence electrons. The Morgan fingerprint density at radius 1 is 0.957 bits per heavy atom. The van der Waals surface area contributed by atoms with Crippen LogP contribution in [0.3, 0.4) is 0 Å². The number of nitrogens with zero attached hydrogens (tertiary/aromatic N) is 3. The molecule has 3 rings (SSSR count). The molecule has 0 radical (unpaired) electrons. The van der Waals surface area contributed by atoms with E-state index >= 15 is 0 Å². The van der Waals surface area contributed by atoms with Gasteiger partial charge < -0.3 is 9.80 Å². The minimum absolute atomic E-state index is 0.0257. The van der Waals surface area contributed by atoms with Gasteiger partial charge in [-0.3, -0.25) is 9.59 Å². The van der Waals surface area contributed by atoms with E-state index in [0.29, 0.717) is 24.5 Å². The number of hydrogen-bond acceptors (Lipinski definition) is 4. The first kappa shape index (κ1) is 16.0. The van der Waals surface area contributed by atoms with Crippen LogP contribution in [0.4, 0.5) is 5.69 Å². The molecule has 23 heavy (non-hydrogen) atoms. The average Bonchev–Trinajstić information content (AvgIpc) is 2.74. The Morgan fingerprint density at radius 3 is 2.22 bits per heavy atom. The summed E-state index contributed by atoms with van der Waals surface area (Å²) >= 11 is 6.22. The predicted octanol–water partition coefficient (Wildman–Crippen LogP) is 1.87. The van der Waals surface area contributed by atoms with Gasteiger partial charge in [0, 0.05) is 26.2 Å². The highest BCUT2D eigenvalue weighted by atomic mass is 35.5. The van der Waals surface area contributed by atoms with Crippen molar-refractivity contribution < 1.29 is 9.59 Å². The summed E-state index contributed by atoms with van der Waals surface area (Å²) in [6, 6.07) is 5.55. The summed E-state index contributed by atoms with van der Waals surface area (Å²) in [4.78, 5) is 30.6. The maximum atomic E-state index is 12.8. The van der Waals surface area contributed by atoms with Crippen LogP contribution in [0.5, 0.6) is 0 Å². The molecule has 0 spiro atoms. The first-order chi connectivity index (χ1) is 10.9. The molecule has 0 saturated carbocycles. The summed E-state index contributed by atoms with van der Waals surface area (Å²) in [6.07, 6.45) is 0. The van der Waals surface area contributed by atoms with Crippen molar-refractivity contribution >= 4 is 29.1 Å². The van der Waals surface area contributed by atoms with Gasteiger partial charge in [0.25, 0.3) is 11.8 Å². The third kappa shape index (κ3) is 2.75.